The molecular weight excluding hydrogens is 647 g/mol. The quantitative estimate of drug-likeness (QED) is 0.0522. The Bertz CT molecular complexity index is 1170. The summed E-state index contributed by atoms with van der Waals surface area (Å²) in [5.74, 6) is -3.05. The molecule has 1 saturated heterocycles. The van der Waals surface area contributed by atoms with E-state index in [0.717, 1.165) is 11.8 Å². The summed E-state index contributed by atoms with van der Waals surface area (Å²) in [5, 5.41) is 7.14. The molecule has 1 unspecified atom stereocenters. The van der Waals surface area contributed by atoms with Crippen molar-refractivity contribution in [3.8, 4) is 0 Å². The van der Waals surface area contributed by atoms with Gasteiger partial charge in [-0.25, -0.2) is 9.65 Å². The van der Waals surface area contributed by atoms with Crippen LogP contribution in [0.2, 0.25) is 0 Å². The van der Waals surface area contributed by atoms with Crippen molar-refractivity contribution in [2.75, 3.05) is 66.9 Å². The first kappa shape index (κ1) is 41.3. The molecule has 3 atom stereocenters. The van der Waals surface area contributed by atoms with Crippen molar-refractivity contribution >= 4 is 59.9 Å². The topological polar surface area (TPSA) is 210 Å². The number of Topliss-reactive ketones (excluding diaryl/α,β-unsaturated/α-hetero) is 2. The van der Waals surface area contributed by atoms with E-state index in [4.69, 9.17) is 13.8 Å². The van der Waals surface area contributed by atoms with Crippen molar-refractivity contribution in [1.29, 1.82) is 0 Å². The number of carbonyl (C=O) groups excluding carboxylic acids is 7. The first-order valence-electron chi connectivity index (χ1n) is 14.7. The van der Waals surface area contributed by atoms with E-state index in [1.54, 1.807) is 13.8 Å². The lowest BCUT2D eigenvalue weighted by Gasteiger charge is -2.40. The first-order chi connectivity index (χ1) is 21.3. The van der Waals surface area contributed by atoms with E-state index in [1.165, 1.54) is 14.0 Å². The molecule has 1 fully saturated rings. The van der Waals surface area contributed by atoms with Gasteiger partial charge < -0.3 is 24.6 Å². The standard InChI is InChI=1S/C28H47N4O12PS/c1-19(27(39)41-7)31-45(40)43-18-28(2,3)25(44-45)26(38)30-11-10-22(35)29-12-15-46-24(37)17-21(34)16-20(33)8-9-23(36)42-14-13-32(4,5)6/h19,25H,8-18H2,1-7H3,(H2-,29,30,31,35,38,40)/p+1/t19-,25-,45?/m0/s1. The van der Waals surface area contributed by atoms with Crippen LogP contribution in [-0.2, 0) is 56.6 Å². The Balaban J connectivity index is 2.29. The van der Waals surface area contributed by atoms with Crippen LogP contribution < -0.4 is 15.7 Å². The Labute approximate surface area is 273 Å². The Kier molecular flexibility index (Phi) is 17.3. The molecule has 2 amide bonds. The fourth-order valence-corrected chi connectivity index (χ4v) is 6.37. The molecule has 0 aromatic carbocycles. The third kappa shape index (κ3) is 16.7. The van der Waals surface area contributed by atoms with Gasteiger partial charge in [-0.05, 0) is 6.92 Å². The number of nitrogens with one attached hydrogen (secondary N) is 3. The van der Waals surface area contributed by atoms with E-state index in [9.17, 15) is 38.1 Å². The summed E-state index contributed by atoms with van der Waals surface area (Å²) in [5.41, 5.74) is -0.867. The monoisotopic (exact) mass is 695 g/mol. The van der Waals surface area contributed by atoms with Gasteiger partial charge in [0.2, 0.25) is 11.8 Å². The van der Waals surface area contributed by atoms with Crippen molar-refractivity contribution in [3.05, 3.63) is 0 Å². The molecule has 46 heavy (non-hydrogen) atoms. The molecule has 1 aliphatic heterocycles. The summed E-state index contributed by atoms with van der Waals surface area (Å²) in [6, 6.07) is -1.01. The number of methoxy groups -OCH3 is 1. The second-order valence-electron chi connectivity index (χ2n) is 12.4. The zero-order valence-corrected chi connectivity index (χ0v) is 29.3. The molecule has 0 bridgehead atoms. The predicted octanol–water partition coefficient (Wildman–Crippen LogP) is 0.518. The van der Waals surface area contributed by atoms with Crippen molar-refractivity contribution in [2.45, 2.75) is 65.0 Å². The fourth-order valence-electron chi connectivity index (χ4n) is 3.74. The number of quaternary nitrogens is 1. The number of likely N-dealkylation sites (N-methyl/N-ethyl adjacent to an activating group) is 1. The van der Waals surface area contributed by atoms with Crippen LogP contribution in [0.1, 0.15) is 52.9 Å². The van der Waals surface area contributed by atoms with E-state index < -0.39 is 78.6 Å². The smallest absolute Gasteiger partial charge is 0.407 e. The fraction of sp³-hybridized carbons (Fsp3) is 0.750. The average molecular weight is 696 g/mol. The maximum atomic E-state index is 13.0. The summed E-state index contributed by atoms with van der Waals surface area (Å²) in [7, 11) is 3.02. The highest BCUT2D eigenvalue weighted by molar-refractivity contribution is 8.13. The highest BCUT2D eigenvalue weighted by Crippen LogP contribution is 2.53. The van der Waals surface area contributed by atoms with Crippen LogP contribution in [0.15, 0.2) is 0 Å². The van der Waals surface area contributed by atoms with E-state index in [1.807, 2.05) is 21.1 Å². The second-order valence-corrected chi connectivity index (χ2v) is 15.3. The molecule has 1 heterocycles. The van der Waals surface area contributed by atoms with Crippen LogP contribution in [0.25, 0.3) is 0 Å². The van der Waals surface area contributed by atoms with Crippen molar-refractivity contribution in [2.24, 2.45) is 5.41 Å². The van der Waals surface area contributed by atoms with Crippen molar-refractivity contribution < 1.29 is 61.1 Å². The van der Waals surface area contributed by atoms with Crippen molar-refractivity contribution in [3.63, 3.8) is 0 Å². The first-order valence-corrected chi connectivity index (χ1v) is 17.3. The lowest BCUT2D eigenvalue weighted by atomic mass is 9.87. The van der Waals surface area contributed by atoms with Gasteiger partial charge in [0.25, 0.3) is 0 Å². The van der Waals surface area contributed by atoms with Crippen LogP contribution in [0.4, 0.5) is 0 Å². The van der Waals surface area contributed by atoms with Crippen LogP contribution in [0, 0.1) is 5.41 Å². The SMILES string of the molecule is COC(=O)[C@H](C)NP1(=O)OCC(C)(C)[C@H](C(=O)NCCC(=O)NCCSC(=O)CC(=O)CC(=O)CCC(=O)OCC[N+](C)(C)C)O1. The Hall–Kier alpha value is -2.69. The summed E-state index contributed by atoms with van der Waals surface area (Å²) in [4.78, 5) is 84.5. The number of hydrogen-bond acceptors (Lipinski definition) is 13. The molecule has 262 valence electrons. The zero-order valence-electron chi connectivity index (χ0n) is 27.6. The summed E-state index contributed by atoms with van der Waals surface area (Å²) in [6.07, 6.45) is -2.46. The maximum Gasteiger partial charge on any atom is 0.407 e. The molecule has 0 saturated carbocycles. The summed E-state index contributed by atoms with van der Waals surface area (Å²) >= 11 is 0.836. The summed E-state index contributed by atoms with van der Waals surface area (Å²) < 4.78 is 34.0. The number of carbonyl (C=O) groups is 7. The lowest BCUT2D eigenvalue weighted by molar-refractivity contribution is -0.870. The second kappa shape index (κ2) is 19.2. The molecule has 16 nitrogen and oxygen atoms in total. The van der Waals surface area contributed by atoms with Gasteiger partial charge in [0, 0.05) is 37.1 Å². The Morgan fingerprint density at radius 1 is 0.978 bits per heavy atom. The molecule has 0 aromatic heterocycles. The van der Waals surface area contributed by atoms with Crippen LogP contribution in [-0.4, -0.2) is 124 Å². The van der Waals surface area contributed by atoms with Crippen LogP contribution in [0.5, 0.6) is 0 Å². The molecule has 1 aliphatic rings. The number of hydrogen-bond donors (Lipinski definition) is 3. The van der Waals surface area contributed by atoms with Gasteiger partial charge in [0.1, 0.15) is 30.8 Å². The van der Waals surface area contributed by atoms with Crippen molar-refractivity contribution in [1.82, 2.24) is 15.7 Å². The summed E-state index contributed by atoms with van der Waals surface area (Å²) in [6.45, 7) is 5.57. The third-order valence-corrected chi connectivity index (χ3v) is 8.95. The number of esters is 2. The third-order valence-electron chi connectivity index (χ3n) is 6.41. The van der Waals surface area contributed by atoms with E-state index in [2.05, 4.69) is 20.5 Å². The van der Waals surface area contributed by atoms with E-state index in [-0.39, 0.29) is 51.3 Å². The molecule has 0 aromatic rings. The van der Waals surface area contributed by atoms with Gasteiger partial charge in [-0.3, -0.25) is 42.6 Å². The van der Waals surface area contributed by atoms with Gasteiger partial charge in [-0.1, -0.05) is 25.6 Å². The molecule has 1 rings (SSSR count). The normalized spacial score (nSPS) is 19.8. The van der Waals surface area contributed by atoms with Gasteiger partial charge in [-0.15, -0.1) is 0 Å². The molecule has 18 heteroatoms. The highest BCUT2D eigenvalue weighted by Gasteiger charge is 2.49. The molecule has 0 radical (unpaired) electrons. The average Bonchev–Trinajstić information content (AvgIpc) is 2.94. The van der Waals surface area contributed by atoms with Gasteiger partial charge in [-0.2, -0.15) is 0 Å². The molecule has 3 N–H and O–H groups in total. The predicted molar refractivity (Wildman–Crippen MR) is 167 cm³/mol. The minimum absolute atomic E-state index is 0.0553. The highest BCUT2D eigenvalue weighted by atomic mass is 32.2. The van der Waals surface area contributed by atoms with E-state index in [0.29, 0.717) is 11.0 Å². The number of amides is 2. The molecule has 0 aliphatic carbocycles. The number of ether oxygens (including phenoxy) is 2. The number of rotatable bonds is 20. The largest absolute Gasteiger partial charge is 0.468 e. The minimum Gasteiger partial charge on any atom is -0.468 e. The zero-order chi connectivity index (χ0) is 35.1. The minimum atomic E-state index is -4.01. The van der Waals surface area contributed by atoms with E-state index >= 15 is 0 Å². The molecular formula is C28H48N4O12PS+. The lowest BCUT2D eigenvalue weighted by Crippen LogP contribution is -2.51. The van der Waals surface area contributed by atoms with Crippen LogP contribution in [0.3, 0.4) is 0 Å². The Morgan fingerprint density at radius 2 is 1.65 bits per heavy atom. The maximum absolute atomic E-state index is 13.0. The van der Waals surface area contributed by atoms with Gasteiger partial charge in [0.15, 0.2) is 11.2 Å². The van der Waals surface area contributed by atoms with Crippen LogP contribution >= 0.6 is 19.5 Å². The Morgan fingerprint density at radius 3 is 2.28 bits per heavy atom. The molecule has 0 spiro atoms. The van der Waals surface area contributed by atoms with Gasteiger partial charge >= 0.3 is 19.7 Å². The number of nitrogens with zero attached hydrogens (tertiary/aromatic N) is 1. The van der Waals surface area contributed by atoms with Gasteiger partial charge in [0.05, 0.1) is 54.1 Å². The number of ketones is 2. The number of thioether (sulfide) groups is 1.